The molecule has 0 saturated carbocycles. The molecule has 2 aromatic carbocycles. The first-order valence-electron chi connectivity index (χ1n) is 8.40. The predicted molar refractivity (Wildman–Crippen MR) is 112 cm³/mol. The number of hydrogen-bond acceptors (Lipinski definition) is 5. The number of amides is 1. The fourth-order valence-electron chi connectivity index (χ4n) is 2.69. The highest BCUT2D eigenvalue weighted by Crippen LogP contribution is 2.34. The van der Waals surface area contributed by atoms with Crippen molar-refractivity contribution in [3.63, 3.8) is 0 Å². The van der Waals surface area contributed by atoms with Crippen molar-refractivity contribution in [2.45, 2.75) is 13.8 Å². The van der Waals surface area contributed by atoms with Gasteiger partial charge in [-0.2, -0.15) is 0 Å². The largest absolute Gasteiger partial charge is 0.494 e. The maximum absolute atomic E-state index is 12.6. The van der Waals surface area contributed by atoms with Gasteiger partial charge in [0.1, 0.15) is 5.56 Å². The number of aromatic nitrogens is 2. The van der Waals surface area contributed by atoms with Gasteiger partial charge in [0, 0.05) is 22.8 Å². The molecule has 0 bridgehead atoms. The number of hydrogen-bond donors (Lipinski definition) is 2. The minimum atomic E-state index is -0.414. The van der Waals surface area contributed by atoms with Gasteiger partial charge in [-0.05, 0) is 56.3 Å². The zero-order chi connectivity index (χ0) is 20.3. The van der Waals surface area contributed by atoms with Gasteiger partial charge in [-0.3, -0.25) is 4.79 Å². The van der Waals surface area contributed by atoms with Crippen LogP contribution in [0.15, 0.2) is 42.5 Å². The van der Waals surface area contributed by atoms with Crippen LogP contribution < -0.4 is 15.4 Å². The lowest BCUT2D eigenvalue weighted by atomic mass is 10.1. The highest BCUT2D eigenvalue weighted by atomic mass is 35.5. The fourth-order valence-corrected chi connectivity index (χ4v) is 3.16. The topological polar surface area (TPSA) is 76.1 Å². The van der Waals surface area contributed by atoms with Crippen molar-refractivity contribution in [2.75, 3.05) is 17.7 Å². The van der Waals surface area contributed by atoms with Gasteiger partial charge in [0.15, 0.2) is 5.75 Å². The predicted octanol–water partition coefficient (Wildman–Crippen LogP) is 5.40. The number of nitrogens with one attached hydrogen (secondary N) is 2. The van der Waals surface area contributed by atoms with Gasteiger partial charge in [-0.1, -0.05) is 23.2 Å². The van der Waals surface area contributed by atoms with E-state index in [1.807, 2.05) is 32.0 Å². The molecule has 1 aromatic heterocycles. The van der Waals surface area contributed by atoms with E-state index in [1.165, 1.54) is 7.11 Å². The maximum Gasteiger partial charge on any atom is 0.261 e. The number of carbonyl (C=O) groups is 1. The van der Waals surface area contributed by atoms with Crippen LogP contribution in [-0.2, 0) is 0 Å². The molecule has 2 N–H and O–H groups in total. The smallest absolute Gasteiger partial charge is 0.261 e. The van der Waals surface area contributed by atoms with Gasteiger partial charge in [0.2, 0.25) is 5.95 Å². The molecule has 0 atom stereocenters. The molecule has 6 nitrogen and oxygen atoms in total. The molecule has 8 heteroatoms. The van der Waals surface area contributed by atoms with Gasteiger partial charge in [-0.25, -0.2) is 9.97 Å². The van der Waals surface area contributed by atoms with Crippen LogP contribution in [0.1, 0.15) is 21.7 Å². The van der Waals surface area contributed by atoms with Crippen molar-refractivity contribution in [3.8, 4) is 5.75 Å². The normalized spacial score (nSPS) is 10.5. The van der Waals surface area contributed by atoms with Crippen molar-refractivity contribution in [2.24, 2.45) is 0 Å². The summed E-state index contributed by atoms with van der Waals surface area (Å²) in [6, 6.07) is 12.2. The summed E-state index contributed by atoms with van der Waals surface area (Å²) in [6.07, 6.45) is 0. The zero-order valence-electron chi connectivity index (χ0n) is 15.5. The second-order valence-corrected chi connectivity index (χ2v) is 6.88. The number of halogens is 2. The first-order valence-corrected chi connectivity index (χ1v) is 9.15. The monoisotopic (exact) mass is 416 g/mol. The Kier molecular flexibility index (Phi) is 6.02. The van der Waals surface area contributed by atoms with E-state index in [2.05, 4.69) is 20.6 Å². The number of rotatable bonds is 5. The molecule has 0 aliphatic heterocycles. The first kappa shape index (κ1) is 19.9. The Balaban J connectivity index is 1.76. The molecule has 1 heterocycles. The lowest BCUT2D eigenvalue weighted by molar-refractivity contribution is 0.102. The molecule has 0 aliphatic rings. The molecule has 144 valence electrons. The van der Waals surface area contributed by atoms with Crippen molar-refractivity contribution in [3.05, 3.63) is 69.5 Å². The number of anilines is 3. The Hall–Kier alpha value is -2.83. The minimum absolute atomic E-state index is 0.183. The summed E-state index contributed by atoms with van der Waals surface area (Å²) in [5.41, 5.74) is 3.33. The van der Waals surface area contributed by atoms with Crippen molar-refractivity contribution in [1.29, 1.82) is 0 Å². The number of nitrogens with zero attached hydrogens (tertiary/aromatic N) is 2. The quantitative estimate of drug-likeness (QED) is 0.581. The van der Waals surface area contributed by atoms with Crippen LogP contribution in [0.3, 0.4) is 0 Å². The summed E-state index contributed by atoms with van der Waals surface area (Å²) in [7, 11) is 1.43. The van der Waals surface area contributed by atoms with E-state index in [4.69, 9.17) is 27.9 Å². The standard InChI is InChI=1S/C20H18Cl2N4O2/c1-11-10-12(2)24-20(23-11)26-14-6-4-13(5-7-14)25-19(27)17-15(21)8-9-16(22)18(17)28-3/h4-10H,1-3H3,(H,25,27)(H,23,24,26). The van der Waals surface area contributed by atoms with E-state index in [0.717, 1.165) is 17.1 Å². The highest BCUT2D eigenvalue weighted by molar-refractivity contribution is 6.37. The number of ether oxygens (including phenoxy) is 1. The zero-order valence-corrected chi connectivity index (χ0v) is 17.0. The van der Waals surface area contributed by atoms with Gasteiger partial charge < -0.3 is 15.4 Å². The summed E-state index contributed by atoms with van der Waals surface area (Å²) in [4.78, 5) is 21.3. The molecule has 0 unspecified atom stereocenters. The molecule has 0 spiro atoms. The van der Waals surface area contributed by atoms with Crippen LogP contribution >= 0.6 is 23.2 Å². The van der Waals surface area contributed by atoms with Crippen LogP contribution in [-0.4, -0.2) is 23.0 Å². The number of methoxy groups -OCH3 is 1. The lowest BCUT2D eigenvalue weighted by Gasteiger charge is -2.13. The summed E-state index contributed by atoms with van der Waals surface area (Å²) >= 11 is 12.2. The summed E-state index contributed by atoms with van der Waals surface area (Å²) < 4.78 is 5.22. The van der Waals surface area contributed by atoms with Gasteiger partial charge >= 0.3 is 0 Å². The third kappa shape index (κ3) is 4.52. The Morgan fingerprint density at radius 2 is 1.50 bits per heavy atom. The molecular formula is C20H18Cl2N4O2. The Labute approximate surface area is 172 Å². The van der Waals surface area contributed by atoms with Crippen LogP contribution in [0.25, 0.3) is 0 Å². The summed E-state index contributed by atoms with van der Waals surface area (Å²) in [6.45, 7) is 3.82. The van der Waals surface area contributed by atoms with Crippen molar-refractivity contribution in [1.82, 2.24) is 9.97 Å². The van der Waals surface area contributed by atoms with Crippen LogP contribution in [0.4, 0.5) is 17.3 Å². The minimum Gasteiger partial charge on any atom is -0.494 e. The Morgan fingerprint density at radius 3 is 2.11 bits per heavy atom. The molecule has 1 amide bonds. The molecular weight excluding hydrogens is 399 g/mol. The summed E-state index contributed by atoms with van der Waals surface area (Å²) in [5, 5.41) is 6.49. The number of aryl methyl sites for hydroxylation is 2. The van der Waals surface area contributed by atoms with Gasteiger partial charge in [0.25, 0.3) is 5.91 Å². The molecule has 3 rings (SSSR count). The number of benzene rings is 2. The average Bonchev–Trinajstić information content (AvgIpc) is 2.64. The molecule has 3 aromatic rings. The van der Waals surface area contributed by atoms with Crippen LogP contribution in [0, 0.1) is 13.8 Å². The Bertz CT molecular complexity index is 1000. The van der Waals surface area contributed by atoms with Gasteiger partial charge in [0.05, 0.1) is 17.2 Å². The molecule has 0 saturated heterocycles. The third-order valence-electron chi connectivity index (χ3n) is 3.87. The second kappa shape index (κ2) is 8.46. The van der Waals surface area contributed by atoms with E-state index in [9.17, 15) is 4.79 Å². The average molecular weight is 417 g/mol. The summed E-state index contributed by atoms with van der Waals surface area (Å²) in [5.74, 6) is 0.337. The SMILES string of the molecule is COc1c(Cl)ccc(Cl)c1C(=O)Nc1ccc(Nc2nc(C)cc(C)n2)cc1. The highest BCUT2D eigenvalue weighted by Gasteiger charge is 2.19. The fraction of sp³-hybridized carbons (Fsp3) is 0.150. The van der Waals surface area contributed by atoms with E-state index in [-0.39, 0.29) is 16.3 Å². The number of carbonyl (C=O) groups excluding carboxylic acids is 1. The maximum atomic E-state index is 12.6. The first-order chi connectivity index (χ1) is 13.4. The van der Waals surface area contributed by atoms with E-state index < -0.39 is 5.91 Å². The molecule has 28 heavy (non-hydrogen) atoms. The van der Waals surface area contributed by atoms with E-state index in [1.54, 1.807) is 24.3 Å². The van der Waals surface area contributed by atoms with Crippen LogP contribution in [0.2, 0.25) is 10.0 Å². The van der Waals surface area contributed by atoms with E-state index in [0.29, 0.717) is 16.7 Å². The third-order valence-corrected chi connectivity index (χ3v) is 4.48. The second-order valence-electron chi connectivity index (χ2n) is 6.07. The van der Waals surface area contributed by atoms with Crippen molar-refractivity contribution < 1.29 is 9.53 Å². The van der Waals surface area contributed by atoms with Gasteiger partial charge in [-0.15, -0.1) is 0 Å². The molecule has 0 radical (unpaired) electrons. The molecule has 0 aliphatic carbocycles. The van der Waals surface area contributed by atoms with Crippen molar-refractivity contribution >= 4 is 46.4 Å². The van der Waals surface area contributed by atoms with E-state index >= 15 is 0 Å². The van der Waals surface area contributed by atoms with Crippen LogP contribution in [0.5, 0.6) is 5.75 Å². The lowest BCUT2D eigenvalue weighted by Crippen LogP contribution is -2.14. The Morgan fingerprint density at radius 1 is 0.929 bits per heavy atom. The molecule has 0 fully saturated rings.